The van der Waals surface area contributed by atoms with Crippen LogP contribution in [-0.2, 0) is 18.4 Å². The first-order valence-electron chi connectivity index (χ1n) is 8.73. The minimum absolute atomic E-state index is 0.0584. The Hall–Kier alpha value is -0.316. The summed E-state index contributed by atoms with van der Waals surface area (Å²) in [7, 11) is -4.64. The molecule has 0 amide bonds. The second kappa shape index (κ2) is 6.69. The molecule has 1 aliphatic heterocycles. The molecule has 0 spiro atoms. The maximum absolute atomic E-state index is 14.4. The quantitative estimate of drug-likeness (QED) is 0.487. The number of carbonyl (C=O) groups is 1. The average Bonchev–Trinajstić information content (AvgIpc) is 2.57. The second-order valence-electron chi connectivity index (χ2n) is 9.94. The van der Waals surface area contributed by atoms with E-state index in [0.717, 1.165) is 0 Å². The molecule has 1 aliphatic rings. The lowest BCUT2D eigenvalue weighted by molar-refractivity contribution is -0.162. The van der Waals surface area contributed by atoms with Gasteiger partial charge in [0, 0.05) is 0 Å². The molecule has 1 heterocycles. The van der Waals surface area contributed by atoms with Gasteiger partial charge in [-0.3, -0.25) is 0 Å². The van der Waals surface area contributed by atoms with Crippen molar-refractivity contribution in [1.82, 2.24) is 0 Å². The van der Waals surface area contributed by atoms with Crippen LogP contribution in [-0.4, -0.2) is 47.3 Å². The van der Waals surface area contributed by atoms with Crippen LogP contribution in [0.3, 0.4) is 0 Å². The fraction of sp³-hybridized carbons (Fsp3) is 0.941. The Balaban J connectivity index is 3.00. The molecule has 2 atom stereocenters. The van der Waals surface area contributed by atoms with Gasteiger partial charge in [-0.1, -0.05) is 41.5 Å². The van der Waals surface area contributed by atoms with Crippen LogP contribution in [0.25, 0.3) is 0 Å². The molecular formula is C17H34F2O4Si2. The predicted molar refractivity (Wildman–Crippen MR) is 100 cm³/mol. The van der Waals surface area contributed by atoms with Gasteiger partial charge in [-0.15, -0.1) is 0 Å². The monoisotopic (exact) mass is 396 g/mol. The summed E-state index contributed by atoms with van der Waals surface area (Å²) in [5.74, 6) is -5.16. The lowest BCUT2D eigenvalue weighted by Gasteiger charge is -2.40. The number of hydrogen-bond acceptors (Lipinski definition) is 4. The lowest BCUT2D eigenvalue weighted by atomic mass is 10.1. The topological polar surface area (TPSA) is 44.8 Å². The standard InChI is InChI=1S/C17H34F2O4Si2/c1-15(2,3)24(7,8)21-11-12-13(17(18,19)14(20)22-12)23-25(9,10)16(4,5)6/h12-13H,11H2,1-10H3/t12-,13+/m1/s1. The van der Waals surface area contributed by atoms with E-state index in [0.29, 0.717) is 0 Å². The van der Waals surface area contributed by atoms with Crippen molar-refractivity contribution in [2.24, 2.45) is 0 Å². The first-order valence-corrected chi connectivity index (χ1v) is 14.6. The Morgan fingerprint density at radius 3 is 1.84 bits per heavy atom. The fourth-order valence-corrected chi connectivity index (χ4v) is 4.20. The zero-order chi connectivity index (χ0) is 20.1. The van der Waals surface area contributed by atoms with Gasteiger partial charge in [-0.2, -0.15) is 8.78 Å². The number of rotatable bonds is 5. The maximum atomic E-state index is 14.4. The van der Waals surface area contributed by atoms with Gasteiger partial charge in [-0.05, 0) is 36.3 Å². The van der Waals surface area contributed by atoms with E-state index in [-0.39, 0.29) is 16.7 Å². The minimum atomic E-state index is -3.64. The van der Waals surface area contributed by atoms with Crippen molar-refractivity contribution in [1.29, 1.82) is 0 Å². The van der Waals surface area contributed by atoms with Crippen LogP contribution in [0.15, 0.2) is 0 Å². The molecular weight excluding hydrogens is 362 g/mol. The van der Waals surface area contributed by atoms with Crippen molar-refractivity contribution in [2.45, 2.75) is 95.9 Å². The molecule has 1 rings (SSSR count). The van der Waals surface area contributed by atoms with Gasteiger partial charge in [0.05, 0.1) is 6.61 Å². The first-order chi connectivity index (χ1) is 10.8. The minimum Gasteiger partial charge on any atom is -0.452 e. The van der Waals surface area contributed by atoms with E-state index in [1.165, 1.54) is 0 Å². The van der Waals surface area contributed by atoms with E-state index in [1.807, 2.05) is 47.0 Å². The largest absolute Gasteiger partial charge is 0.452 e. The SMILES string of the molecule is CC(C)(C)[Si](C)(C)OC[C@H]1OC(=O)C(F)(F)[C@H]1O[Si](C)(C)C(C)(C)C. The highest BCUT2D eigenvalue weighted by atomic mass is 28.4. The lowest BCUT2D eigenvalue weighted by Crippen LogP contribution is -2.53. The Bertz CT molecular complexity index is 508. The van der Waals surface area contributed by atoms with Gasteiger partial charge < -0.3 is 13.6 Å². The normalized spacial score (nSPS) is 25.2. The maximum Gasteiger partial charge on any atom is 0.380 e. The molecule has 0 aliphatic carbocycles. The number of hydrogen-bond donors (Lipinski definition) is 0. The van der Waals surface area contributed by atoms with Crippen molar-refractivity contribution in [3.8, 4) is 0 Å². The van der Waals surface area contributed by atoms with Gasteiger partial charge >= 0.3 is 11.9 Å². The van der Waals surface area contributed by atoms with Gasteiger partial charge in [0.25, 0.3) is 0 Å². The zero-order valence-corrected chi connectivity index (χ0v) is 19.3. The molecule has 8 heteroatoms. The molecule has 0 bridgehead atoms. The highest BCUT2D eigenvalue weighted by Gasteiger charge is 2.63. The Morgan fingerprint density at radius 1 is 1.00 bits per heavy atom. The third kappa shape index (κ3) is 4.70. The van der Waals surface area contributed by atoms with E-state index < -0.39 is 40.7 Å². The summed E-state index contributed by atoms with van der Waals surface area (Å²) < 4.78 is 45.7. The Kier molecular flexibility index (Phi) is 6.08. The summed E-state index contributed by atoms with van der Waals surface area (Å²) >= 11 is 0. The van der Waals surface area contributed by atoms with E-state index in [1.54, 1.807) is 0 Å². The molecule has 0 N–H and O–H groups in total. The van der Waals surface area contributed by atoms with Crippen molar-refractivity contribution < 1.29 is 27.2 Å². The van der Waals surface area contributed by atoms with Crippen LogP contribution < -0.4 is 0 Å². The van der Waals surface area contributed by atoms with Gasteiger partial charge in [-0.25, -0.2) is 4.79 Å². The molecule has 0 unspecified atom stereocenters. The number of ether oxygens (including phenoxy) is 1. The zero-order valence-electron chi connectivity index (χ0n) is 17.3. The second-order valence-corrected chi connectivity index (χ2v) is 19.5. The molecule has 1 saturated heterocycles. The average molecular weight is 397 g/mol. The molecule has 0 saturated carbocycles. The highest BCUT2D eigenvalue weighted by Crippen LogP contribution is 2.43. The molecule has 4 nitrogen and oxygen atoms in total. The Labute approximate surface area is 152 Å². The van der Waals surface area contributed by atoms with Crippen molar-refractivity contribution >= 4 is 22.6 Å². The van der Waals surface area contributed by atoms with E-state index in [4.69, 9.17) is 13.6 Å². The van der Waals surface area contributed by atoms with Crippen LogP contribution in [0, 0.1) is 0 Å². The van der Waals surface area contributed by atoms with Gasteiger partial charge in [0.2, 0.25) is 0 Å². The number of cyclic esters (lactones) is 1. The Morgan fingerprint density at radius 2 is 1.44 bits per heavy atom. The highest BCUT2D eigenvalue weighted by molar-refractivity contribution is 6.74. The number of alkyl halides is 2. The first kappa shape index (κ1) is 22.7. The summed E-state index contributed by atoms with van der Waals surface area (Å²) in [6.45, 7) is 19.9. The van der Waals surface area contributed by atoms with Gasteiger partial charge in [0.1, 0.15) is 0 Å². The molecule has 0 aromatic carbocycles. The fourth-order valence-electron chi connectivity index (χ4n) is 1.90. The van der Waals surface area contributed by atoms with Gasteiger partial charge in [0.15, 0.2) is 28.8 Å². The molecule has 148 valence electrons. The van der Waals surface area contributed by atoms with E-state index in [9.17, 15) is 13.6 Å². The van der Waals surface area contributed by atoms with Crippen LogP contribution >= 0.6 is 0 Å². The number of esters is 1. The summed E-state index contributed by atoms with van der Waals surface area (Å²) in [5.41, 5.74) is 0. The third-order valence-corrected chi connectivity index (χ3v) is 14.8. The smallest absolute Gasteiger partial charge is 0.380 e. The summed E-state index contributed by atoms with van der Waals surface area (Å²) in [5, 5.41) is -0.312. The molecule has 0 aromatic rings. The molecule has 1 fully saturated rings. The summed E-state index contributed by atoms with van der Waals surface area (Å²) in [6.07, 6.45) is -2.67. The third-order valence-electron chi connectivity index (χ3n) is 5.87. The van der Waals surface area contributed by atoms with Crippen molar-refractivity contribution in [2.75, 3.05) is 6.61 Å². The molecule has 0 aromatic heterocycles. The summed E-state index contributed by atoms with van der Waals surface area (Å²) in [4.78, 5) is 11.7. The molecule has 0 radical (unpaired) electrons. The molecule has 25 heavy (non-hydrogen) atoms. The van der Waals surface area contributed by atoms with Crippen molar-refractivity contribution in [3.63, 3.8) is 0 Å². The van der Waals surface area contributed by atoms with E-state index >= 15 is 0 Å². The van der Waals surface area contributed by atoms with Crippen LogP contribution in [0.5, 0.6) is 0 Å². The summed E-state index contributed by atoms with van der Waals surface area (Å²) in [6, 6.07) is 0. The van der Waals surface area contributed by atoms with Crippen LogP contribution in [0.4, 0.5) is 8.78 Å². The van der Waals surface area contributed by atoms with E-state index in [2.05, 4.69) is 20.8 Å². The van der Waals surface area contributed by atoms with Crippen molar-refractivity contribution in [3.05, 3.63) is 0 Å². The van der Waals surface area contributed by atoms with Crippen LogP contribution in [0.2, 0.25) is 36.3 Å². The predicted octanol–water partition coefficient (Wildman–Crippen LogP) is 4.96. The number of carbonyl (C=O) groups excluding carboxylic acids is 1. The van der Waals surface area contributed by atoms with Crippen LogP contribution in [0.1, 0.15) is 41.5 Å². The number of halogens is 2.